The third-order valence-corrected chi connectivity index (χ3v) is 7.78. The zero-order valence-corrected chi connectivity index (χ0v) is 22.6. The topological polar surface area (TPSA) is 139 Å². The van der Waals surface area contributed by atoms with Crippen molar-refractivity contribution in [2.24, 2.45) is 0 Å². The van der Waals surface area contributed by atoms with Crippen LogP contribution in [0.25, 0.3) is 0 Å². The van der Waals surface area contributed by atoms with Gasteiger partial charge >= 0.3 is 0 Å². The van der Waals surface area contributed by atoms with Crippen molar-refractivity contribution in [1.82, 2.24) is 10.2 Å². The number of carbonyl (C=O) groups excluding carboxylic acids is 2. The van der Waals surface area contributed by atoms with E-state index >= 15 is 0 Å². The van der Waals surface area contributed by atoms with Crippen LogP contribution in [0.1, 0.15) is 44.6 Å². The molecule has 0 aliphatic heterocycles. The van der Waals surface area contributed by atoms with Crippen molar-refractivity contribution in [3.05, 3.63) is 64.2 Å². The van der Waals surface area contributed by atoms with Crippen LogP contribution in [0.3, 0.4) is 0 Å². The quantitative estimate of drug-likeness (QED) is 0.337. The van der Waals surface area contributed by atoms with Crippen LogP contribution in [0, 0.1) is 10.1 Å². The van der Waals surface area contributed by atoms with Crippen molar-refractivity contribution >= 4 is 33.2 Å². The summed E-state index contributed by atoms with van der Waals surface area (Å²) in [5.41, 5.74) is 0.399. The Morgan fingerprint density at radius 3 is 2.37 bits per heavy atom. The molecular formula is C26H34N4O7S. The van der Waals surface area contributed by atoms with E-state index in [-0.39, 0.29) is 29.9 Å². The van der Waals surface area contributed by atoms with E-state index in [0.717, 1.165) is 54.3 Å². The van der Waals surface area contributed by atoms with Gasteiger partial charge in [0.2, 0.25) is 21.8 Å². The fraction of sp³-hybridized carbons (Fsp3) is 0.462. The minimum atomic E-state index is -3.99. The van der Waals surface area contributed by atoms with Crippen LogP contribution in [0.2, 0.25) is 0 Å². The third kappa shape index (κ3) is 7.67. The van der Waals surface area contributed by atoms with Crippen molar-refractivity contribution in [2.75, 3.05) is 24.2 Å². The summed E-state index contributed by atoms with van der Waals surface area (Å²) >= 11 is 0. The van der Waals surface area contributed by atoms with Crippen LogP contribution in [0.15, 0.2) is 48.5 Å². The first-order valence-corrected chi connectivity index (χ1v) is 14.3. The highest BCUT2D eigenvalue weighted by molar-refractivity contribution is 7.92. The van der Waals surface area contributed by atoms with Gasteiger partial charge < -0.3 is 15.0 Å². The molecule has 1 aliphatic rings. The van der Waals surface area contributed by atoms with Gasteiger partial charge in [0.1, 0.15) is 18.3 Å². The Bertz CT molecular complexity index is 1240. The Morgan fingerprint density at radius 1 is 1.13 bits per heavy atom. The fourth-order valence-corrected chi connectivity index (χ4v) is 5.30. The second-order valence-corrected chi connectivity index (χ2v) is 11.3. The smallest absolute Gasteiger partial charge is 0.271 e. The molecule has 11 nitrogen and oxygen atoms in total. The largest absolute Gasteiger partial charge is 0.497 e. The van der Waals surface area contributed by atoms with Crippen molar-refractivity contribution < 1.29 is 27.7 Å². The minimum absolute atomic E-state index is 0.0150. The molecule has 1 atom stereocenters. The molecule has 0 spiro atoms. The summed E-state index contributed by atoms with van der Waals surface area (Å²) < 4.78 is 31.3. The van der Waals surface area contributed by atoms with Crippen molar-refractivity contribution in [2.45, 2.75) is 57.7 Å². The first-order chi connectivity index (χ1) is 18.0. The number of hydrogen-bond acceptors (Lipinski definition) is 7. The number of carbonyl (C=O) groups is 2. The SMILES string of the molecule is COc1ccc(CN(C(=O)CN(c2cccc([N+](=O)[O-])c2)S(C)(=O)=O)[C@@H](C)C(=O)NC2CCCCC2)cc1. The number of nitro groups is 1. The van der Waals surface area contributed by atoms with Gasteiger partial charge in [-0.15, -0.1) is 0 Å². The standard InChI is InChI=1S/C26H34N4O7S/c1-19(26(32)27-21-8-5-4-6-9-21)28(17-20-12-14-24(37-2)15-13-20)25(31)18-29(38(3,35)36)22-10-7-11-23(16-22)30(33)34/h7,10-16,19,21H,4-6,8-9,17-18H2,1-3H3,(H,27,32)/t19-/m0/s1. The van der Waals surface area contributed by atoms with E-state index < -0.39 is 33.4 Å². The predicted octanol–water partition coefficient (Wildman–Crippen LogP) is 3.24. The van der Waals surface area contributed by atoms with Crippen LogP contribution in [-0.4, -0.2) is 62.0 Å². The summed E-state index contributed by atoms with van der Waals surface area (Å²) in [5, 5.41) is 14.3. The first-order valence-electron chi connectivity index (χ1n) is 12.4. The van der Waals surface area contributed by atoms with Crippen LogP contribution >= 0.6 is 0 Å². The molecule has 0 aromatic heterocycles. The Hall–Kier alpha value is -3.67. The number of nitrogens with zero attached hydrogens (tertiary/aromatic N) is 3. The molecule has 0 saturated heterocycles. The molecule has 2 amide bonds. The highest BCUT2D eigenvalue weighted by atomic mass is 32.2. The molecule has 2 aromatic rings. The number of non-ortho nitro benzene ring substituents is 1. The van der Waals surface area contributed by atoms with Gasteiger partial charge in [0.25, 0.3) is 5.69 Å². The monoisotopic (exact) mass is 546 g/mol. The summed E-state index contributed by atoms with van der Waals surface area (Å²) in [5.74, 6) is -0.312. The Labute approximate surface area is 223 Å². The maximum absolute atomic E-state index is 13.6. The Morgan fingerprint density at radius 2 is 1.79 bits per heavy atom. The number of nitro benzene ring substituents is 1. The molecule has 2 aromatic carbocycles. The third-order valence-electron chi connectivity index (χ3n) is 6.64. The highest BCUT2D eigenvalue weighted by Gasteiger charge is 2.31. The zero-order valence-electron chi connectivity index (χ0n) is 21.8. The number of amides is 2. The van der Waals surface area contributed by atoms with Gasteiger partial charge in [0.15, 0.2) is 0 Å². The molecule has 1 fully saturated rings. The lowest BCUT2D eigenvalue weighted by Gasteiger charge is -2.33. The minimum Gasteiger partial charge on any atom is -0.497 e. The molecule has 0 heterocycles. The molecule has 0 radical (unpaired) electrons. The molecule has 1 saturated carbocycles. The predicted molar refractivity (Wildman–Crippen MR) is 143 cm³/mol. The van der Waals surface area contributed by atoms with Crippen LogP contribution in [0.4, 0.5) is 11.4 Å². The number of hydrogen-bond donors (Lipinski definition) is 1. The van der Waals surface area contributed by atoms with E-state index in [2.05, 4.69) is 5.32 Å². The summed E-state index contributed by atoms with van der Waals surface area (Å²) in [6.45, 7) is 1.03. The average molecular weight is 547 g/mol. The van der Waals surface area contributed by atoms with Gasteiger partial charge in [0.05, 0.1) is 24.0 Å². The molecule has 1 N–H and O–H groups in total. The van der Waals surface area contributed by atoms with Gasteiger partial charge in [-0.1, -0.05) is 37.5 Å². The zero-order chi connectivity index (χ0) is 27.9. The van der Waals surface area contributed by atoms with E-state index in [1.807, 2.05) is 0 Å². The fourth-order valence-electron chi connectivity index (χ4n) is 4.45. The van der Waals surface area contributed by atoms with E-state index in [4.69, 9.17) is 4.74 Å². The summed E-state index contributed by atoms with van der Waals surface area (Å²) in [7, 11) is -2.46. The lowest BCUT2D eigenvalue weighted by atomic mass is 9.95. The Kier molecular flexibility index (Phi) is 9.67. The number of ether oxygens (including phenoxy) is 1. The van der Waals surface area contributed by atoms with Crippen molar-refractivity contribution in [3.63, 3.8) is 0 Å². The second-order valence-electron chi connectivity index (χ2n) is 9.44. The summed E-state index contributed by atoms with van der Waals surface area (Å²) in [6, 6.07) is 11.2. The summed E-state index contributed by atoms with van der Waals surface area (Å²) in [6.07, 6.45) is 5.86. The molecule has 3 rings (SSSR count). The first kappa shape index (κ1) is 28.9. The number of anilines is 1. The lowest BCUT2D eigenvalue weighted by Crippen LogP contribution is -2.52. The van der Waals surface area contributed by atoms with Gasteiger partial charge in [-0.25, -0.2) is 8.42 Å². The van der Waals surface area contributed by atoms with Crippen LogP contribution in [-0.2, 0) is 26.2 Å². The Balaban J connectivity index is 1.89. The normalized spacial score (nSPS) is 14.8. The van der Waals surface area contributed by atoms with E-state index in [9.17, 15) is 28.1 Å². The van der Waals surface area contributed by atoms with Gasteiger partial charge in [-0.2, -0.15) is 0 Å². The summed E-state index contributed by atoms with van der Waals surface area (Å²) in [4.78, 5) is 38.8. The van der Waals surface area contributed by atoms with Gasteiger partial charge in [-0.3, -0.25) is 24.0 Å². The maximum atomic E-state index is 13.6. The molecule has 12 heteroatoms. The van der Waals surface area contributed by atoms with Crippen molar-refractivity contribution in [1.29, 1.82) is 0 Å². The second kappa shape index (κ2) is 12.7. The molecule has 0 unspecified atom stereocenters. The lowest BCUT2D eigenvalue weighted by molar-refractivity contribution is -0.384. The maximum Gasteiger partial charge on any atom is 0.271 e. The number of rotatable bonds is 11. The molecule has 206 valence electrons. The van der Waals surface area contributed by atoms with E-state index in [0.29, 0.717) is 5.75 Å². The van der Waals surface area contributed by atoms with E-state index in [1.165, 1.54) is 30.2 Å². The number of methoxy groups -OCH3 is 1. The van der Waals surface area contributed by atoms with Gasteiger partial charge in [-0.05, 0) is 43.5 Å². The number of sulfonamides is 1. The number of benzene rings is 2. The van der Waals surface area contributed by atoms with Crippen LogP contribution < -0.4 is 14.4 Å². The molecule has 38 heavy (non-hydrogen) atoms. The molecule has 0 bridgehead atoms. The van der Waals surface area contributed by atoms with Crippen molar-refractivity contribution in [3.8, 4) is 5.75 Å². The average Bonchev–Trinajstić information content (AvgIpc) is 2.90. The molecule has 1 aliphatic carbocycles. The highest BCUT2D eigenvalue weighted by Crippen LogP contribution is 2.24. The van der Waals surface area contributed by atoms with Gasteiger partial charge in [0, 0.05) is 24.7 Å². The molecular weight excluding hydrogens is 512 g/mol. The van der Waals surface area contributed by atoms with Crippen LogP contribution in [0.5, 0.6) is 5.75 Å². The number of nitrogens with one attached hydrogen (secondary N) is 1. The van der Waals surface area contributed by atoms with E-state index in [1.54, 1.807) is 31.2 Å².